The fourth-order valence-electron chi connectivity index (χ4n) is 5.10. The number of para-hydroxylation sites is 1. The molecule has 2 aromatic carbocycles. The average molecular weight is 629 g/mol. The zero-order chi connectivity index (χ0) is 31.2. The quantitative estimate of drug-likeness (QED) is 0.299. The van der Waals surface area contributed by atoms with E-state index in [4.69, 9.17) is 11.6 Å². The van der Waals surface area contributed by atoms with Crippen molar-refractivity contribution in [3.05, 3.63) is 88.3 Å². The maximum Gasteiger partial charge on any atom is 0.355 e. The molecule has 1 aliphatic heterocycles. The van der Waals surface area contributed by atoms with Crippen molar-refractivity contribution in [1.29, 1.82) is 0 Å². The van der Waals surface area contributed by atoms with Crippen molar-refractivity contribution in [2.75, 3.05) is 38.6 Å². The molecule has 14 heteroatoms. The first-order valence-corrected chi connectivity index (χ1v) is 15.0. The van der Waals surface area contributed by atoms with Crippen molar-refractivity contribution < 1.29 is 22.0 Å². The van der Waals surface area contributed by atoms with E-state index in [1.807, 2.05) is 6.92 Å². The number of hydrogen-bond acceptors (Lipinski definition) is 7. The molecule has 4 aromatic rings. The van der Waals surface area contributed by atoms with Crippen LogP contribution in [0.5, 0.6) is 0 Å². The number of piperazine rings is 1. The second kappa shape index (κ2) is 11.5. The standard InChI is InChI=1S/C29H27ClF2N6O4S/c1-5-24(39)36-13-14-37(17(2)16-36)27-18-15-21(32)26(25-19(30)9-8-10-20(25)31)33-28(18)38(29(40)34-27)22-11-6-7-12-23(22)43(41,42)35(3)4/h5-12,15,17H,1,13-14,16H2,2-4H3/t17-/m0/s1. The van der Waals surface area contributed by atoms with Gasteiger partial charge in [-0.15, -0.1) is 0 Å². The fourth-order valence-corrected chi connectivity index (χ4v) is 6.42. The van der Waals surface area contributed by atoms with Crippen molar-refractivity contribution in [2.24, 2.45) is 0 Å². The molecule has 43 heavy (non-hydrogen) atoms. The number of anilines is 1. The van der Waals surface area contributed by atoms with Crippen LogP contribution < -0.4 is 10.6 Å². The molecule has 2 aromatic heterocycles. The number of amides is 1. The van der Waals surface area contributed by atoms with E-state index in [1.165, 1.54) is 56.6 Å². The van der Waals surface area contributed by atoms with Crippen molar-refractivity contribution in [3.8, 4) is 16.9 Å². The maximum absolute atomic E-state index is 15.8. The predicted octanol–water partition coefficient (Wildman–Crippen LogP) is 3.85. The van der Waals surface area contributed by atoms with E-state index in [1.54, 1.807) is 9.80 Å². The Morgan fingerprint density at radius 2 is 1.81 bits per heavy atom. The lowest BCUT2D eigenvalue weighted by atomic mass is 10.1. The molecule has 1 amide bonds. The molecule has 0 unspecified atom stereocenters. The summed E-state index contributed by atoms with van der Waals surface area (Å²) in [5, 5.41) is -0.0399. The first-order chi connectivity index (χ1) is 20.4. The molecule has 5 rings (SSSR count). The van der Waals surface area contributed by atoms with Gasteiger partial charge in [-0.05, 0) is 43.3 Å². The number of nitrogens with zero attached hydrogens (tertiary/aromatic N) is 6. The maximum atomic E-state index is 15.8. The zero-order valence-corrected chi connectivity index (χ0v) is 25.0. The van der Waals surface area contributed by atoms with Crippen LogP contribution in [0.15, 0.2) is 70.9 Å². The van der Waals surface area contributed by atoms with Crippen LogP contribution in [0.2, 0.25) is 5.02 Å². The van der Waals surface area contributed by atoms with E-state index in [9.17, 15) is 22.4 Å². The fraction of sp³-hybridized carbons (Fsp3) is 0.241. The Morgan fingerprint density at radius 3 is 2.47 bits per heavy atom. The lowest BCUT2D eigenvalue weighted by molar-refractivity contribution is -0.126. The molecule has 1 saturated heterocycles. The molecule has 0 aliphatic carbocycles. The predicted molar refractivity (Wildman–Crippen MR) is 160 cm³/mol. The molecule has 0 spiro atoms. The summed E-state index contributed by atoms with van der Waals surface area (Å²) in [6.07, 6.45) is 1.21. The average Bonchev–Trinajstić information content (AvgIpc) is 2.96. The monoisotopic (exact) mass is 628 g/mol. The number of pyridine rings is 1. The van der Waals surface area contributed by atoms with Crippen LogP contribution in [-0.4, -0.2) is 77.8 Å². The lowest BCUT2D eigenvalue weighted by Crippen LogP contribution is -2.54. The van der Waals surface area contributed by atoms with Crippen molar-refractivity contribution >= 4 is 44.4 Å². The highest BCUT2D eigenvalue weighted by atomic mass is 35.5. The Hall–Kier alpha value is -4.20. The van der Waals surface area contributed by atoms with E-state index in [2.05, 4.69) is 16.5 Å². The van der Waals surface area contributed by atoms with E-state index in [0.717, 1.165) is 21.0 Å². The third-order valence-electron chi connectivity index (χ3n) is 7.25. The molecular formula is C29H27ClF2N6O4S. The van der Waals surface area contributed by atoms with E-state index in [0.29, 0.717) is 0 Å². The summed E-state index contributed by atoms with van der Waals surface area (Å²) < 4.78 is 59.3. The van der Waals surface area contributed by atoms with E-state index in [-0.39, 0.29) is 69.6 Å². The first-order valence-electron chi connectivity index (χ1n) is 13.1. The van der Waals surface area contributed by atoms with Crippen molar-refractivity contribution in [3.63, 3.8) is 0 Å². The highest BCUT2D eigenvalue weighted by molar-refractivity contribution is 7.89. The Kier molecular flexibility index (Phi) is 8.07. The molecule has 1 atom stereocenters. The summed E-state index contributed by atoms with van der Waals surface area (Å²) in [5.41, 5.74) is -1.93. The third-order valence-corrected chi connectivity index (χ3v) is 9.43. The summed E-state index contributed by atoms with van der Waals surface area (Å²) in [6, 6.07) is 10.3. The van der Waals surface area contributed by atoms with Gasteiger partial charge in [-0.25, -0.2) is 35.8 Å². The minimum Gasteiger partial charge on any atom is -0.350 e. The van der Waals surface area contributed by atoms with Crippen LogP contribution in [0, 0.1) is 11.6 Å². The second-order valence-corrected chi connectivity index (χ2v) is 12.7. The summed E-state index contributed by atoms with van der Waals surface area (Å²) in [7, 11) is -1.38. The molecule has 10 nitrogen and oxygen atoms in total. The molecule has 0 radical (unpaired) electrons. The number of sulfonamides is 1. The number of halogens is 3. The molecule has 1 aliphatic rings. The number of carbonyl (C=O) groups excluding carboxylic acids is 1. The highest BCUT2D eigenvalue weighted by Crippen LogP contribution is 2.36. The van der Waals surface area contributed by atoms with Gasteiger partial charge in [0.05, 0.1) is 21.7 Å². The molecule has 3 heterocycles. The Bertz CT molecular complexity index is 1930. The van der Waals surface area contributed by atoms with Gasteiger partial charge in [0, 0.05) is 39.8 Å². The smallest absolute Gasteiger partial charge is 0.350 e. The number of fused-ring (bicyclic) bond motifs is 1. The van der Waals surface area contributed by atoms with Crippen LogP contribution >= 0.6 is 11.6 Å². The van der Waals surface area contributed by atoms with E-state index >= 15 is 4.39 Å². The van der Waals surface area contributed by atoms with Crippen molar-refractivity contribution in [2.45, 2.75) is 17.9 Å². The molecule has 224 valence electrons. The van der Waals surface area contributed by atoms with E-state index < -0.39 is 33.0 Å². The van der Waals surface area contributed by atoms with Gasteiger partial charge in [-0.2, -0.15) is 4.98 Å². The first kappa shape index (κ1) is 30.3. The molecule has 0 bridgehead atoms. The zero-order valence-electron chi connectivity index (χ0n) is 23.5. The van der Waals surface area contributed by atoms with Gasteiger partial charge < -0.3 is 9.80 Å². The topological polar surface area (TPSA) is 109 Å². The third kappa shape index (κ3) is 5.28. The number of carbonyl (C=O) groups is 1. The van der Waals surface area contributed by atoms with Crippen LogP contribution in [0.3, 0.4) is 0 Å². The summed E-state index contributed by atoms with van der Waals surface area (Å²) in [6.45, 7) is 6.15. The molecule has 0 N–H and O–H groups in total. The minimum absolute atomic E-state index is 0.0701. The Morgan fingerprint density at radius 1 is 1.09 bits per heavy atom. The van der Waals surface area contributed by atoms with Gasteiger partial charge in [-0.3, -0.25) is 4.79 Å². The van der Waals surface area contributed by atoms with Gasteiger partial charge in [0.2, 0.25) is 15.9 Å². The number of benzene rings is 2. The van der Waals surface area contributed by atoms with Gasteiger partial charge in [0.25, 0.3) is 0 Å². The highest BCUT2D eigenvalue weighted by Gasteiger charge is 2.31. The van der Waals surface area contributed by atoms with Crippen LogP contribution in [0.4, 0.5) is 14.6 Å². The Balaban J connectivity index is 1.84. The van der Waals surface area contributed by atoms with Crippen molar-refractivity contribution in [1.82, 2.24) is 23.7 Å². The second-order valence-electron chi connectivity index (χ2n) is 10.1. The largest absolute Gasteiger partial charge is 0.355 e. The number of aromatic nitrogens is 3. The summed E-state index contributed by atoms with van der Waals surface area (Å²) in [5.74, 6) is -1.94. The van der Waals surface area contributed by atoms with Crippen LogP contribution in [0.25, 0.3) is 28.0 Å². The molecule has 1 fully saturated rings. The normalized spacial score (nSPS) is 15.7. The van der Waals surface area contributed by atoms with Gasteiger partial charge in [0.1, 0.15) is 22.2 Å². The molecule has 0 saturated carbocycles. The molecular weight excluding hydrogens is 602 g/mol. The van der Waals surface area contributed by atoms with Crippen LogP contribution in [0.1, 0.15) is 6.92 Å². The van der Waals surface area contributed by atoms with Gasteiger partial charge >= 0.3 is 5.69 Å². The number of hydrogen-bond donors (Lipinski definition) is 0. The summed E-state index contributed by atoms with van der Waals surface area (Å²) in [4.78, 5) is 37.9. The Labute approximate surface area is 251 Å². The number of rotatable bonds is 6. The lowest BCUT2D eigenvalue weighted by Gasteiger charge is -2.40. The minimum atomic E-state index is -4.07. The van der Waals surface area contributed by atoms with Gasteiger partial charge in [0.15, 0.2) is 11.5 Å². The summed E-state index contributed by atoms with van der Waals surface area (Å²) >= 11 is 6.26. The van der Waals surface area contributed by atoms with Gasteiger partial charge in [-0.1, -0.05) is 36.4 Å². The van der Waals surface area contributed by atoms with Crippen LogP contribution in [-0.2, 0) is 14.8 Å². The SMILES string of the molecule is C=CC(=O)N1CCN(c2nc(=O)n(-c3ccccc3S(=O)(=O)N(C)C)c3nc(-c4c(F)cccc4Cl)c(F)cc23)[C@@H](C)C1.